The number of carbonyl (C=O) groups is 1. The zero-order valence-corrected chi connectivity index (χ0v) is 13.5. The number of anilines is 2. The van der Waals surface area contributed by atoms with Crippen molar-refractivity contribution in [1.29, 1.82) is 0 Å². The molecule has 1 saturated heterocycles. The second kappa shape index (κ2) is 6.12. The number of benzene rings is 1. The first kappa shape index (κ1) is 15.9. The molecule has 1 aliphatic heterocycles. The van der Waals surface area contributed by atoms with E-state index in [-0.39, 0.29) is 5.56 Å². The monoisotopic (exact) mass is 311 g/mol. The van der Waals surface area contributed by atoms with Gasteiger partial charge in [0.05, 0.1) is 16.4 Å². The minimum Gasteiger partial charge on any atom is -0.456 e. The smallest absolute Gasteiger partial charge is 0.342 e. The van der Waals surface area contributed by atoms with Crippen molar-refractivity contribution < 1.29 is 9.53 Å². The van der Waals surface area contributed by atoms with E-state index in [0.29, 0.717) is 10.7 Å². The van der Waals surface area contributed by atoms with Crippen LogP contribution < -0.4 is 16.0 Å². The van der Waals surface area contributed by atoms with Crippen molar-refractivity contribution in [2.75, 3.05) is 36.8 Å². The molecule has 0 aliphatic carbocycles. The largest absolute Gasteiger partial charge is 0.456 e. The van der Waals surface area contributed by atoms with Crippen LogP contribution in [0.3, 0.4) is 0 Å². The van der Waals surface area contributed by atoms with E-state index in [2.05, 4.69) is 10.2 Å². The molecule has 6 heteroatoms. The van der Waals surface area contributed by atoms with Crippen LogP contribution in [0.1, 0.15) is 31.1 Å². The number of nitrogen functional groups attached to an aromatic ring is 1. The molecule has 3 N–H and O–H groups in total. The molecule has 0 amide bonds. The number of esters is 1. The fourth-order valence-electron chi connectivity index (χ4n) is 2.30. The highest BCUT2D eigenvalue weighted by molar-refractivity contribution is 6.34. The summed E-state index contributed by atoms with van der Waals surface area (Å²) in [5.41, 5.74) is 7.08. The number of nitrogens with one attached hydrogen (secondary N) is 1. The number of nitrogens with two attached hydrogens (primary N) is 1. The molecule has 21 heavy (non-hydrogen) atoms. The van der Waals surface area contributed by atoms with Crippen LogP contribution >= 0.6 is 11.6 Å². The summed E-state index contributed by atoms with van der Waals surface area (Å²) in [6.07, 6.45) is 0. The topological polar surface area (TPSA) is 67.6 Å². The van der Waals surface area contributed by atoms with Crippen LogP contribution in [0.4, 0.5) is 11.4 Å². The highest BCUT2D eigenvalue weighted by Crippen LogP contribution is 2.33. The number of halogens is 1. The lowest BCUT2D eigenvalue weighted by Gasteiger charge is -2.31. The molecular formula is C15H22ClN3O2. The van der Waals surface area contributed by atoms with Gasteiger partial charge in [-0.25, -0.2) is 4.79 Å². The van der Waals surface area contributed by atoms with Crippen LogP contribution in [0.2, 0.25) is 5.02 Å². The molecule has 0 bridgehead atoms. The lowest BCUT2D eigenvalue weighted by Crippen LogP contribution is -2.43. The second-order valence-corrected chi connectivity index (χ2v) is 6.50. The van der Waals surface area contributed by atoms with Crippen molar-refractivity contribution >= 4 is 28.9 Å². The summed E-state index contributed by atoms with van der Waals surface area (Å²) in [6, 6.07) is 3.56. The number of ether oxygens (including phenoxy) is 1. The molecule has 5 nitrogen and oxygen atoms in total. The van der Waals surface area contributed by atoms with Gasteiger partial charge in [-0.05, 0) is 32.9 Å². The zero-order valence-electron chi connectivity index (χ0n) is 12.7. The van der Waals surface area contributed by atoms with E-state index in [0.717, 1.165) is 31.9 Å². The standard InChI is InChI=1S/C15H22ClN3O2/c1-15(2,3)21-14(20)12-10(16)4-5-11(13(12)17)19-8-6-18-7-9-19/h4-5,18H,6-9,17H2,1-3H3. The Morgan fingerprint density at radius 1 is 1.33 bits per heavy atom. The number of rotatable bonds is 2. The van der Waals surface area contributed by atoms with Crippen molar-refractivity contribution in [1.82, 2.24) is 5.32 Å². The molecule has 1 heterocycles. The Morgan fingerprint density at radius 3 is 2.52 bits per heavy atom. The molecule has 0 aromatic heterocycles. The Labute approximate surface area is 130 Å². The third-order valence-electron chi connectivity index (χ3n) is 3.23. The van der Waals surface area contributed by atoms with Gasteiger partial charge in [-0.15, -0.1) is 0 Å². The third kappa shape index (κ3) is 3.80. The number of nitrogens with zero attached hydrogens (tertiary/aromatic N) is 1. The highest BCUT2D eigenvalue weighted by atomic mass is 35.5. The fourth-order valence-corrected chi connectivity index (χ4v) is 2.54. The summed E-state index contributed by atoms with van der Waals surface area (Å²) >= 11 is 6.15. The van der Waals surface area contributed by atoms with Crippen molar-refractivity contribution in [3.63, 3.8) is 0 Å². The van der Waals surface area contributed by atoms with Crippen molar-refractivity contribution in [3.8, 4) is 0 Å². The average molecular weight is 312 g/mol. The quantitative estimate of drug-likeness (QED) is 0.648. The van der Waals surface area contributed by atoms with Crippen LogP contribution in [0.25, 0.3) is 0 Å². The first-order valence-electron chi connectivity index (χ1n) is 7.06. The van der Waals surface area contributed by atoms with Gasteiger partial charge in [0.25, 0.3) is 0 Å². The minimum atomic E-state index is -0.585. The third-order valence-corrected chi connectivity index (χ3v) is 3.55. The molecule has 1 aromatic carbocycles. The average Bonchev–Trinajstić information content (AvgIpc) is 2.37. The Bertz CT molecular complexity index is 534. The molecule has 0 saturated carbocycles. The van der Waals surface area contributed by atoms with Gasteiger partial charge in [-0.3, -0.25) is 0 Å². The van der Waals surface area contributed by atoms with Gasteiger partial charge >= 0.3 is 5.97 Å². The first-order chi connectivity index (χ1) is 9.79. The lowest BCUT2D eigenvalue weighted by atomic mass is 10.1. The van der Waals surface area contributed by atoms with Gasteiger partial charge < -0.3 is 20.7 Å². The molecule has 2 rings (SSSR count). The van der Waals surface area contributed by atoms with E-state index in [1.165, 1.54) is 0 Å². The maximum absolute atomic E-state index is 12.3. The van der Waals surface area contributed by atoms with E-state index >= 15 is 0 Å². The van der Waals surface area contributed by atoms with E-state index in [4.69, 9.17) is 22.1 Å². The maximum atomic E-state index is 12.3. The van der Waals surface area contributed by atoms with Crippen molar-refractivity contribution in [2.45, 2.75) is 26.4 Å². The molecule has 1 aliphatic rings. The highest BCUT2D eigenvalue weighted by Gasteiger charge is 2.25. The number of piperazine rings is 1. The summed E-state index contributed by atoms with van der Waals surface area (Å²) in [6.45, 7) is 8.92. The zero-order chi connectivity index (χ0) is 15.6. The van der Waals surface area contributed by atoms with Crippen molar-refractivity contribution in [3.05, 3.63) is 22.7 Å². The summed E-state index contributed by atoms with van der Waals surface area (Å²) in [5.74, 6) is -0.484. The summed E-state index contributed by atoms with van der Waals surface area (Å²) in [5, 5.41) is 3.60. The molecule has 1 aromatic rings. The number of hydrogen-bond donors (Lipinski definition) is 2. The SMILES string of the molecule is CC(C)(C)OC(=O)c1c(Cl)ccc(N2CCNCC2)c1N. The van der Waals surface area contributed by atoms with E-state index < -0.39 is 11.6 Å². The Hall–Kier alpha value is -1.46. The molecule has 0 radical (unpaired) electrons. The Balaban J connectivity index is 2.34. The van der Waals surface area contributed by atoms with E-state index in [1.807, 2.05) is 26.8 Å². The molecule has 116 valence electrons. The molecule has 0 atom stereocenters. The van der Waals surface area contributed by atoms with Crippen LogP contribution in [0.15, 0.2) is 12.1 Å². The van der Waals surface area contributed by atoms with E-state index in [9.17, 15) is 4.79 Å². The molecular weight excluding hydrogens is 290 g/mol. The molecule has 0 unspecified atom stereocenters. The number of carbonyl (C=O) groups excluding carboxylic acids is 1. The lowest BCUT2D eigenvalue weighted by molar-refractivity contribution is 0.00710. The minimum absolute atomic E-state index is 0.252. The van der Waals surface area contributed by atoms with Crippen LogP contribution in [0.5, 0.6) is 0 Å². The van der Waals surface area contributed by atoms with Gasteiger partial charge in [-0.1, -0.05) is 11.6 Å². The first-order valence-corrected chi connectivity index (χ1v) is 7.44. The van der Waals surface area contributed by atoms with Gasteiger partial charge in [0.1, 0.15) is 11.2 Å². The maximum Gasteiger partial charge on any atom is 0.342 e. The molecule has 0 spiro atoms. The van der Waals surface area contributed by atoms with E-state index in [1.54, 1.807) is 6.07 Å². The second-order valence-electron chi connectivity index (χ2n) is 6.09. The van der Waals surface area contributed by atoms with Gasteiger partial charge in [-0.2, -0.15) is 0 Å². The normalized spacial score (nSPS) is 15.9. The predicted octanol–water partition coefficient (Wildman–Crippen LogP) is 2.29. The van der Waals surface area contributed by atoms with Crippen LogP contribution in [-0.2, 0) is 4.74 Å². The summed E-state index contributed by atoms with van der Waals surface area (Å²) in [7, 11) is 0. The number of hydrogen-bond acceptors (Lipinski definition) is 5. The fraction of sp³-hybridized carbons (Fsp3) is 0.533. The summed E-state index contributed by atoms with van der Waals surface area (Å²) < 4.78 is 5.39. The Morgan fingerprint density at radius 2 is 1.95 bits per heavy atom. The van der Waals surface area contributed by atoms with Crippen LogP contribution in [-0.4, -0.2) is 37.7 Å². The van der Waals surface area contributed by atoms with Gasteiger partial charge in [0, 0.05) is 26.2 Å². The van der Waals surface area contributed by atoms with Gasteiger partial charge in [0.2, 0.25) is 0 Å². The van der Waals surface area contributed by atoms with Crippen molar-refractivity contribution in [2.24, 2.45) is 0 Å². The Kier molecular flexibility index (Phi) is 4.64. The summed E-state index contributed by atoms with van der Waals surface area (Å²) in [4.78, 5) is 14.5. The van der Waals surface area contributed by atoms with Crippen LogP contribution in [0, 0.1) is 0 Å². The predicted molar refractivity (Wildman–Crippen MR) is 86.1 cm³/mol. The molecule has 1 fully saturated rings. The van der Waals surface area contributed by atoms with Gasteiger partial charge in [0.15, 0.2) is 0 Å².